The van der Waals surface area contributed by atoms with Crippen LogP contribution in [-0.2, 0) is 95.7 Å². The minimum atomic E-state index is -3.61. The number of rotatable bonds is 25. The SMILES string of the molecule is CS(=O)(=O)OCCc1cc([N+](=O)[O-])ccc1CCN=[N+]=[N-].CS(=O)(=O)OCCc1ccc([N+](=O)[O-])cc1CCN=[N+]=[N-].CS(=O)(=O)OCCc1ccc([N+](=O)[O-])cc1CCOS(C)(=O)=O.[2H]CF.[N-]=[N+]=[N-].[Na+]. The summed E-state index contributed by atoms with van der Waals surface area (Å²) in [6.07, 6.45) is 5.29. The minimum absolute atomic E-state index is 0. The van der Waals surface area contributed by atoms with Crippen LogP contribution in [-0.4, -0.2) is 120 Å². The molecule has 0 aliphatic heterocycles. The van der Waals surface area contributed by atoms with E-state index in [1.54, 1.807) is 12.1 Å². The normalized spacial score (nSPS) is 10.8. The molecule has 0 fully saturated rings. The quantitative estimate of drug-likeness (QED) is 0.0224. The molecule has 3 aromatic carbocycles. The Morgan fingerprint density at radius 3 is 0.944 bits per heavy atom. The molecule has 0 radical (unpaired) electrons. The minimum Gasteiger partial charge on any atom is -0.373 e. The first-order chi connectivity index (χ1) is 33.0. The van der Waals surface area contributed by atoms with Crippen LogP contribution in [0.3, 0.4) is 0 Å². The Morgan fingerprint density at radius 1 is 0.507 bits per heavy atom. The van der Waals surface area contributed by atoms with Gasteiger partial charge in [-0.15, -0.1) is 0 Å². The van der Waals surface area contributed by atoms with Gasteiger partial charge in [0.2, 0.25) is 0 Å². The van der Waals surface area contributed by atoms with Gasteiger partial charge < -0.3 is 11.1 Å². The topological polar surface area (TPSA) is 459 Å². The van der Waals surface area contributed by atoms with Crippen molar-refractivity contribution in [3.05, 3.63) is 155 Å². The van der Waals surface area contributed by atoms with Crippen molar-refractivity contribution < 1.29 is 100 Å². The van der Waals surface area contributed by atoms with Crippen molar-refractivity contribution in [2.45, 2.75) is 38.5 Å². The number of nitrogens with zero attached hydrogens (tertiary/aromatic N) is 12. The van der Waals surface area contributed by atoms with Crippen LogP contribution in [0.4, 0.5) is 21.5 Å². The molecule has 0 N–H and O–H groups in total. The van der Waals surface area contributed by atoms with Crippen molar-refractivity contribution in [1.82, 2.24) is 0 Å². The fourth-order valence-corrected chi connectivity index (χ4v) is 6.79. The Hall–Kier alpha value is -5.64. The van der Waals surface area contributed by atoms with E-state index in [0.717, 1.165) is 36.1 Å². The Kier molecular flexibility index (Phi) is 34.5. The summed E-state index contributed by atoms with van der Waals surface area (Å²) in [6, 6.07) is 12.7. The molecule has 0 bridgehead atoms. The standard InChI is InChI=1S/C12H17NO8S2.2C11H14N4O5S.CH3F.N3.Na/c1-22(16,17)20-7-5-10-3-4-12(13(14)15)9-11(10)6-8-21-23(2,18)19;1-21(18,19)20-7-5-9-2-3-11(15(16)17)8-10(9)4-6-13-14-12;1-21(18,19)20-7-5-10-8-11(15(16)17)3-2-9(10)4-6-13-14-12;1-2;1-3-2;/h3-4,9H,5-8H2,1-2H3;2*2-3,8H,4-7H2,1H3;1H3;;/q;;;;-1;+1/i;;;1D;;. The van der Waals surface area contributed by atoms with Crippen LogP contribution < -0.4 is 29.6 Å². The molecule has 30 nitrogen and oxygen atoms in total. The molecule has 0 unspecified atom stereocenters. The van der Waals surface area contributed by atoms with Crippen LogP contribution in [0, 0.1) is 30.3 Å². The molecule has 0 aliphatic rings. The summed E-state index contributed by atoms with van der Waals surface area (Å²) in [6.45, 7) is -0.0535. The molecule has 0 atom stereocenters. The summed E-state index contributed by atoms with van der Waals surface area (Å²) in [4.78, 5) is 37.5. The monoisotopic (exact) mass is 1100 g/mol. The van der Waals surface area contributed by atoms with Gasteiger partial charge in [-0.1, -0.05) is 28.4 Å². The molecule has 36 heteroatoms. The van der Waals surface area contributed by atoms with E-state index in [0.29, 0.717) is 35.1 Å². The maximum absolute atomic E-state index is 10.9. The van der Waals surface area contributed by atoms with Gasteiger partial charge in [0, 0.05) is 59.3 Å². The van der Waals surface area contributed by atoms with Gasteiger partial charge in [0.15, 0.2) is 0 Å². The third-order valence-electron chi connectivity index (χ3n) is 7.97. The van der Waals surface area contributed by atoms with Gasteiger partial charge in [0.25, 0.3) is 57.5 Å². The van der Waals surface area contributed by atoms with Gasteiger partial charge in [0.1, 0.15) is 0 Å². The molecular weight excluding hydrogens is 1050 g/mol. The zero-order valence-electron chi connectivity index (χ0n) is 39.6. The number of azide groups is 2. The molecule has 0 saturated heterocycles. The van der Waals surface area contributed by atoms with Crippen LogP contribution in [0.2, 0.25) is 0 Å². The predicted octanol–water partition coefficient (Wildman–Crippen LogP) is 3.02. The Morgan fingerprint density at radius 2 is 0.718 bits per heavy atom. The van der Waals surface area contributed by atoms with Crippen LogP contribution >= 0.6 is 0 Å². The molecule has 0 saturated carbocycles. The number of halogens is 1. The second-order valence-corrected chi connectivity index (χ2v) is 19.8. The van der Waals surface area contributed by atoms with Crippen LogP contribution in [0.15, 0.2) is 64.8 Å². The van der Waals surface area contributed by atoms with E-state index in [2.05, 4.69) is 36.8 Å². The van der Waals surface area contributed by atoms with Gasteiger partial charge in [0.05, 0.1) is 74.7 Å². The third kappa shape index (κ3) is 36.0. The third-order valence-corrected chi connectivity index (χ3v) is 10.3. The van der Waals surface area contributed by atoms with Crippen molar-refractivity contribution in [1.29, 1.82) is 0 Å². The van der Waals surface area contributed by atoms with E-state index < -0.39 is 62.4 Å². The van der Waals surface area contributed by atoms with Gasteiger partial charge in [-0.3, -0.25) is 56.4 Å². The molecule has 0 aromatic heterocycles. The molecule has 71 heavy (non-hydrogen) atoms. The van der Waals surface area contributed by atoms with E-state index in [1.807, 2.05) is 0 Å². The molecule has 0 aliphatic carbocycles. The molecule has 388 valence electrons. The predicted molar refractivity (Wildman–Crippen MR) is 250 cm³/mol. The number of hydrogen-bond acceptors (Lipinski definition) is 20. The number of benzene rings is 3. The number of nitro groups is 3. The maximum Gasteiger partial charge on any atom is 1.00 e. The van der Waals surface area contributed by atoms with Crippen LogP contribution in [0.5, 0.6) is 0 Å². The fraction of sp³-hybridized carbons (Fsp3) is 0.486. The largest absolute Gasteiger partial charge is 1.00 e. The summed E-state index contributed by atoms with van der Waals surface area (Å²) in [7, 11) is -15.3. The molecule has 3 rings (SSSR count). The Bertz CT molecular complexity index is 2840. The van der Waals surface area contributed by atoms with Crippen molar-refractivity contribution in [3.8, 4) is 0 Å². The van der Waals surface area contributed by atoms with Crippen LogP contribution in [0.25, 0.3) is 36.9 Å². The van der Waals surface area contributed by atoms with Gasteiger partial charge in [-0.25, -0.2) is 0 Å². The Balaban J connectivity index is -0.000000932. The van der Waals surface area contributed by atoms with Gasteiger partial charge in [-0.05, 0) is 83.0 Å². The van der Waals surface area contributed by atoms with E-state index in [4.69, 9.17) is 23.5 Å². The first-order valence-electron chi connectivity index (χ1n) is 19.7. The van der Waals surface area contributed by atoms with Crippen molar-refractivity contribution in [3.63, 3.8) is 0 Å². The van der Waals surface area contributed by atoms with E-state index >= 15 is 0 Å². The molecular formula is C35H48FN12NaO18S4. The second-order valence-electron chi connectivity index (χ2n) is 13.2. The number of alkyl halides is 1. The summed E-state index contributed by atoms with van der Waals surface area (Å²) in [5.41, 5.74) is 33.5. The van der Waals surface area contributed by atoms with E-state index in [-0.39, 0.29) is 112 Å². The van der Waals surface area contributed by atoms with E-state index in [9.17, 15) is 68.4 Å². The zero-order chi connectivity index (χ0) is 54.8. The molecule has 0 amide bonds. The number of hydrogen-bond donors (Lipinski definition) is 0. The number of nitro benzene ring substituents is 3. The van der Waals surface area contributed by atoms with Crippen LogP contribution in [0.1, 0.15) is 34.8 Å². The van der Waals surface area contributed by atoms with E-state index in [1.165, 1.54) is 47.4 Å². The first kappa shape index (κ1) is 67.4. The van der Waals surface area contributed by atoms with Crippen molar-refractivity contribution in [2.75, 3.05) is 71.7 Å². The molecule has 0 spiro atoms. The van der Waals surface area contributed by atoms with Gasteiger partial charge >= 0.3 is 29.6 Å². The molecule has 0 heterocycles. The second kappa shape index (κ2) is 36.3. The molecule has 3 aromatic rings. The fourth-order valence-electron chi connectivity index (χ4n) is 5.25. The summed E-state index contributed by atoms with van der Waals surface area (Å²) in [5.74, 6) is 0. The van der Waals surface area contributed by atoms with Gasteiger partial charge in [-0.2, -0.15) is 33.7 Å². The van der Waals surface area contributed by atoms with Crippen molar-refractivity contribution in [2.24, 2.45) is 10.2 Å². The summed E-state index contributed by atoms with van der Waals surface area (Å²) in [5, 5.41) is 39.1. The first-order valence-corrected chi connectivity index (χ1v) is 26.3. The summed E-state index contributed by atoms with van der Waals surface area (Å²) >= 11 is 0. The maximum atomic E-state index is 10.9. The Labute approximate surface area is 431 Å². The smallest absolute Gasteiger partial charge is 0.373 e. The summed E-state index contributed by atoms with van der Waals surface area (Å²) < 4.78 is 121. The number of non-ortho nitro benzene ring substituents is 3. The van der Waals surface area contributed by atoms with Crippen molar-refractivity contribution >= 4 is 57.5 Å². The average molecular weight is 1100 g/mol. The zero-order valence-corrected chi connectivity index (χ0v) is 43.9. The average Bonchev–Trinajstić information content (AvgIpc) is 3.24.